The Bertz CT molecular complexity index is 1000. The van der Waals surface area contributed by atoms with Crippen LogP contribution in [0, 0.1) is 17.1 Å². The highest BCUT2D eigenvalue weighted by atomic mass is 19.1. The second kappa shape index (κ2) is 7.62. The molecule has 6 nitrogen and oxygen atoms in total. The number of esters is 1. The first-order valence-corrected chi connectivity index (χ1v) is 8.00. The van der Waals surface area contributed by atoms with Crippen LogP contribution in [0.25, 0.3) is 5.69 Å². The zero-order chi connectivity index (χ0) is 19.4. The van der Waals surface area contributed by atoms with Gasteiger partial charge in [-0.1, -0.05) is 12.1 Å². The predicted molar refractivity (Wildman–Crippen MR) is 97.0 cm³/mol. The fourth-order valence-electron chi connectivity index (χ4n) is 2.57. The van der Waals surface area contributed by atoms with Crippen molar-refractivity contribution in [2.75, 3.05) is 12.8 Å². The van der Waals surface area contributed by atoms with Crippen LogP contribution in [0.4, 0.5) is 10.1 Å². The van der Waals surface area contributed by atoms with E-state index in [1.54, 1.807) is 36.4 Å². The summed E-state index contributed by atoms with van der Waals surface area (Å²) >= 11 is 0. The Morgan fingerprint density at radius 2 is 1.85 bits per heavy atom. The zero-order valence-corrected chi connectivity index (χ0v) is 14.5. The molecule has 2 aromatic carbocycles. The number of rotatable bonds is 5. The molecule has 0 aliphatic rings. The average Bonchev–Trinajstić information content (AvgIpc) is 3.03. The summed E-state index contributed by atoms with van der Waals surface area (Å²) in [6.07, 6.45) is 1.48. The van der Waals surface area contributed by atoms with E-state index in [1.807, 2.05) is 6.07 Å². The second-order valence-corrected chi connectivity index (χ2v) is 5.69. The van der Waals surface area contributed by atoms with Crippen LogP contribution in [0.2, 0.25) is 0 Å². The van der Waals surface area contributed by atoms with Crippen LogP contribution in [0.1, 0.15) is 21.6 Å². The Morgan fingerprint density at radius 3 is 2.44 bits per heavy atom. The number of nitrogens with zero attached hydrogens (tertiary/aromatic N) is 2. The number of halogens is 1. The van der Waals surface area contributed by atoms with Crippen LogP contribution in [-0.2, 0) is 11.3 Å². The van der Waals surface area contributed by atoms with Gasteiger partial charge in [-0.3, -0.25) is 0 Å². The van der Waals surface area contributed by atoms with E-state index < -0.39 is 5.97 Å². The van der Waals surface area contributed by atoms with Crippen LogP contribution in [0.5, 0.6) is 5.75 Å². The van der Waals surface area contributed by atoms with Gasteiger partial charge in [0.2, 0.25) is 0 Å². The minimum Gasteiger partial charge on any atom is -0.489 e. The van der Waals surface area contributed by atoms with Gasteiger partial charge >= 0.3 is 5.97 Å². The van der Waals surface area contributed by atoms with Gasteiger partial charge in [0.1, 0.15) is 24.2 Å². The minimum atomic E-state index is -0.634. The minimum absolute atomic E-state index is 0.0704. The Morgan fingerprint density at radius 1 is 1.19 bits per heavy atom. The van der Waals surface area contributed by atoms with E-state index in [9.17, 15) is 9.18 Å². The lowest BCUT2D eigenvalue weighted by Crippen LogP contribution is -2.11. The van der Waals surface area contributed by atoms with E-state index in [4.69, 9.17) is 20.5 Å². The molecule has 3 rings (SSSR count). The largest absolute Gasteiger partial charge is 0.489 e. The number of nitrogens with two attached hydrogens (primary N) is 1. The summed E-state index contributed by atoms with van der Waals surface area (Å²) in [7, 11) is 1.25. The highest BCUT2D eigenvalue weighted by Crippen LogP contribution is 2.26. The molecule has 0 unspecified atom stereocenters. The topological polar surface area (TPSA) is 90.3 Å². The monoisotopic (exact) mass is 365 g/mol. The van der Waals surface area contributed by atoms with E-state index >= 15 is 0 Å². The first kappa shape index (κ1) is 18.0. The first-order valence-electron chi connectivity index (χ1n) is 8.00. The van der Waals surface area contributed by atoms with Gasteiger partial charge in [-0.15, -0.1) is 0 Å². The molecule has 0 spiro atoms. The number of carbonyl (C=O) groups excluding carboxylic acids is 1. The van der Waals surface area contributed by atoms with E-state index in [0.29, 0.717) is 18.0 Å². The fraction of sp³-hybridized carbons (Fsp3) is 0.100. The van der Waals surface area contributed by atoms with Gasteiger partial charge in [-0.2, -0.15) is 5.26 Å². The molecule has 0 bridgehead atoms. The number of hydrogen-bond donors (Lipinski definition) is 1. The molecule has 1 heterocycles. The zero-order valence-electron chi connectivity index (χ0n) is 14.5. The van der Waals surface area contributed by atoms with Crippen LogP contribution in [-0.4, -0.2) is 17.6 Å². The van der Waals surface area contributed by atoms with Crippen molar-refractivity contribution < 1.29 is 18.7 Å². The molecular formula is C20H16FN3O3. The molecule has 27 heavy (non-hydrogen) atoms. The van der Waals surface area contributed by atoms with Crippen molar-refractivity contribution >= 4 is 11.7 Å². The lowest BCUT2D eigenvalue weighted by atomic mass is 10.2. The summed E-state index contributed by atoms with van der Waals surface area (Å²) in [5, 5.41) is 9.16. The van der Waals surface area contributed by atoms with Gasteiger partial charge in [0.25, 0.3) is 0 Å². The van der Waals surface area contributed by atoms with Crippen LogP contribution in [0.3, 0.4) is 0 Å². The lowest BCUT2D eigenvalue weighted by Gasteiger charge is -2.10. The normalized spacial score (nSPS) is 10.3. The van der Waals surface area contributed by atoms with Gasteiger partial charge in [0, 0.05) is 11.9 Å². The standard InChI is InChI=1S/C20H16FN3O3/c1-26-20(25)19-18(23)14(10-22)11-24(19)16-6-8-17(9-7-16)27-12-13-2-4-15(21)5-3-13/h2-9,11H,12,23H2,1H3. The van der Waals surface area contributed by atoms with Gasteiger partial charge in [-0.25, -0.2) is 9.18 Å². The third-order valence-electron chi connectivity index (χ3n) is 3.98. The Kier molecular flexibility index (Phi) is 5.08. The summed E-state index contributed by atoms with van der Waals surface area (Å²) < 4.78 is 24.9. The summed E-state index contributed by atoms with van der Waals surface area (Å²) in [6, 6.07) is 14.9. The Labute approximate surface area is 155 Å². The molecule has 0 atom stereocenters. The van der Waals surface area contributed by atoms with E-state index in [0.717, 1.165) is 5.56 Å². The Balaban J connectivity index is 1.82. The molecule has 0 aliphatic carbocycles. The van der Waals surface area contributed by atoms with Crippen molar-refractivity contribution in [3.63, 3.8) is 0 Å². The van der Waals surface area contributed by atoms with Crippen molar-refractivity contribution in [1.29, 1.82) is 5.26 Å². The molecule has 0 aliphatic heterocycles. The van der Waals surface area contributed by atoms with Gasteiger partial charge in [-0.05, 0) is 42.0 Å². The number of carbonyl (C=O) groups is 1. The number of nitrogen functional groups attached to an aromatic ring is 1. The second-order valence-electron chi connectivity index (χ2n) is 5.69. The van der Waals surface area contributed by atoms with Crippen molar-refractivity contribution in [2.24, 2.45) is 0 Å². The fourth-order valence-corrected chi connectivity index (χ4v) is 2.57. The number of ether oxygens (including phenoxy) is 2. The predicted octanol–water partition coefficient (Wildman–Crippen LogP) is 3.44. The molecule has 7 heteroatoms. The maximum atomic E-state index is 12.9. The number of anilines is 1. The third-order valence-corrected chi connectivity index (χ3v) is 3.98. The number of nitriles is 1. The van der Waals surface area contributed by atoms with Crippen LogP contribution >= 0.6 is 0 Å². The SMILES string of the molecule is COC(=O)c1c(N)c(C#N)cn1-c1ccc(OCc2ccc(F)cc2)cc1. The summed E-state index contributed by atoms with van der Waals surface area (Å²) in [4.78, 5) is 12.0. The lowest BCUT2D eigenvalue weighted by molar-refractivity contribution is 0.0593. The molecule has 0 fully saturated rings. The molecule has 0 saturated carbocycles. The van der Waals surface area contributed by atoms with Gasteiger partial charge < -0.3 is 19.8 Å². The van der Waals surface area contributed by atoms with Crippen LogP contribution in [0.15, 0.2) is 54.7 Å². The van der Waals surface area contributed by atoms with Crippen LogP contribution < -0.4 is 10.5 Å². The van der Waals surface area contributed by atoms with Gasteiger partial charge in [0.15, 0.2) is 5.69 Å². The average molecular weight is 365 g/mol. The maximum Gasteiger partial charge on any atom is 0.357 e. The molecule has 0 radical (unpaired) electrons. The highest BCUT2D eigenvalue weighted by molar-refractivity contribution is 5.95. The highest BCUT2D eigenvalue weighted by Gasteiger charge is 2.21. The number of methoxy groups -OCH3 is 1. The molecule has 1 aromatic heterocycles. The third kappa shape index (κ3) is 3.75. The number of hydrogen-bond acceptors (Lipinski definition) is 5. The smallest absolute Gasteiger partial charge is 0.357 e. The van der Waals surface area contributed by atoms with E-state index in [2.05, 4.69) is 0 Å². The van der Waals surface area contributed by atoms with E-state index in [1.165, 1.54) is 30.0 Å². The number of aromatic nitrogens is 1. The summed E-state index contributed by atoms with van der Waals surface area (Å²) in [5.41, 5.74) is 7.70. The number of benzene rings is 2. The molecule has 136 valence electrons. The Hall–Kier alpha value is -3.79. The summed E-state index contributed by atoms with van der Waals surface area (Å²) in [6.45, 7) is 0.294. The molecule has 0 amide bonds. The summed E-state index contributed by atoms with van der Waals surface area (Å²) in [5.74, 6) is -0.332. The van der Waals surface area contributed by atoms with Crippen molar-refractivity contribution in [2.45, 2.75) is 6.61 Å². The molecular weight excluding hydrogens is 349 g/mol. The quantitative estimate of drug-likeness (QED) is 0.700. The van der Waals surface area contributed by atoms with Gasteiger partial charge in [0.05, 0.1) is 18.4 Å². The first-order chi connectivity index (χ1) is 13.0. The van der Waals surface area contributed by atoms with Crippen molar-refractivity contribution in [3.05, 3.63) is 77.4 Å². The molecule has 2 N–H and O–H groups in total. The molecule has 0 saturated heterocycles. The van der Waals surface area contributed by atoms with Crippen molar-refractivity contribution in [1.82, 2.24) is 4.57 Å². The van der Waals surface area contributed by atoms with E-state index in [-0.39, 0.29) is 22.8 Å². The molecule has 3 aromatic rings. The maximum absolute atomic E-state index is 12.9. The van der Waals surface area contributed by atoms with Crippen molar-refractivity contribution in [3.8, 4) is 17.5 Å².